The Hall–Kier alpha value is -0.677. The predicted molar refractivity (Wildman–Crippen MR) is 77.4 cm³/mol. The summed E-state index contributed by atoms with van der Waals surface area (Å²) in [5.74, 6) is 0. The van der Waals surface area contributed by atoms with Crippen LogP contribution in [0.3, 0.4) is 0 Å². The summed E-state index contributed by atoms with van der Waals surface area (Å²) in [4.78, 5) is 0. The zero-order chi connectivity index (χ0) is 12.2. The largest absolute Gasteiger partial charge is 0.213 e. The molecular formula is C18H22Ru-2. The first kappa shape index (κ1) is 14.7. The fourth-order valence-electron chi connectivity index (χ4n) is 3.23. The summed E-state index contributed by atoms with van der Waals surface area (Å²) in [5.41, 5.74) is 6.39. The fourth-order valence-corrected chi connectivity index (χ4v) is 3.23. The number of fused-ring (bicyclic) bond motifs is 2. The molecule has 0 saturated heterocycles. The molecule has 0 atom stereocenters. The van der Waals surface area contributed by atoms with Crippen molar-refractivity contribution in [3.05, 3.63) is 58.7 Å². The third-order valence-corrected chi connectivity index (χ3v) is 4.30. The number of hydrogen-bond donors (Lipinski definition) is 0. The van der Waals surface area contributed by atoms with E-state index in [2.05, 4.69) is 36.4 Å². The van der Waals surface area contributed by atoms with Gasteiger partial charge < -0.3 is 0 Å². The molecule has 0 N–H and O–H groups in total. The van der Waals surface area contributed by atoms with E-state index in [9.17, 15) is 0 Å². The van der Waals surface area contributed by atoms with E-state index in [0.29, 0.717) is 0 Å². The summed E-state index contributed by atoms with van der Waals surface area (Å²) < 4.78 is 0. The van der Waals surface area contributed by atoms with Gasteiger partial charge in [0.25, 0.3) is 0 Å². The van der Waals surface area contributed by atoms with Gasteiger partial charge in [-0.3, -0.25) is 0 Å². The van der Waals surface area contributed by atoms with Gasteiger partial charge in [-0.05, 0) is 0 Å². The second-order valence-corrected chi connectivity index (χ2v) is 5.57. The van der Waals surface area contributed by atoms with Crippen molar-refractivity contribution in [1.29, 1.82) is 0 Å². The molecule has 0 aliphatic heterocycles. The number of hydrogen-bond acceptors (Lipinski definition) is 0. The summed E-state index contributed by atoms with van der Waals surface area (Å²) in [6.07, 6.45) is 10.9. The maximum Gasteiger partial charge on any atom is 0 e. The average molecular weight is 339 g/mol. The molecule has 4 rings (SSSR count). The molecular weight excluding hydrogens is 317 g/mol. The summed E-state index contributed by atoms with van der Waals surface area (Å²) in [6.45, 7) is 0. The summed E-state index contributed by atoms with van der Waals surface area (Å²) in [7, 11) is 0. The van der Waals surface area contributed by atoms with Crippen LogP contribution in [0.15, 0.2) is 36.4 Å². The molecule has 2 aliphatic rings. The second-order valence-electron chi connectivity index (χ2n) is 5.57. The molecule has 0 saturated carbocycles. The predicted octanol–water partition coefficient (Wildman–Crippen LogP) is 4.57. The van der Waals surface area contributed by atoms with Crippen molar-refractivity contribution in [2.45, 2.75) is 51.4 Å². The molecule has 2 aliphatic carbocycles. The van der Waals surface area contributed by atoms with Gasteiger partial charge in [0.2, 0.25) is 0 Å². The normalized spacial score (nSPS) is 16.4. The van der Waals surface area contributed by atoms with Gasteiger partial charge in [0.15, 0.2) is 0 Å². The standard InChI is InChI=1S/2C9H11.Ru/c2*1-2-5-9-7-3-6-8(9)4-1;/h2*3,6-7H,1-2,4-5H2;/q2*-1;. The minimum Gasteiger partial charge on any atom is -0.213 e. The fraction of sp³-hybridized carbons (Fsp3) is 0.444. The zero-order valence-electron chi connectivity index (χ0n) is 11.5. The Morgan fingerprint density at radius 1 is 0.684 bits per heavy atom. The van der Waals surface area contributed by atoms with E-state index >= 15 is 0 Å². The summed E-state index contributed by atoms with van der Waals surface area (Å²) in [5, 5.41) is 0. The molecule has 0 nitrogen and oxygen atoms in total. The second kappa shape index (κ2) is 7.20. The molecule has 0 heterocycles. The van der Waals surface area contributed by atoms with Gasteiger partial charge in [-0.15, -0.1) is 0 Å². The van der Waals surface area contributed by atoms with Crippen LogP contribution < -0.4 is 0 Å². The Balaban J connectivity index is 0.000000133. The van der Waals surface area contributed by atoms with Crippen molar-refractivity contribution in [3.63, 3.8) is 0 Å². The molecule has 0 aromatic heterocycles. The Bertz CT molecular complexity index is 402. The van der Waals surface area contributed by atoms with Crippen LogP contribution in [0.1, 0.15) is 47.9 Å². The van der Waals surface area contributed by atoms with Crippen molar-refractivity contribution < 1.29 is 19.5 Å². The van der Waals surface area contributed by atoms with Gasteiger partial charge in [0.05, 0.1) is 0 Å². The maximum absolute atomic E-state index is 2.26. The van der Waals surface area contributed by atoms with Crippen LogP contribution in [-0.2, 0) is 45.2 Å². The van der Waals surface area contributed by atoms with E-state index < -0.39 is 0 Å². The van der Waals surface area contributed by atoms with E-state index in [-0.39, 0.29) is 19.5 Å². The average Bonchev–Trinajstić information content (AvgIpc) is 3.08. The topological polar surface area (TPSA) is 0 Å². The summed E-state index contributed by atoms with van der Waals surface area (Å²) >= 11 is 0. The molecule has 2 aromatic rings. The molecule has 1 heteroatoms. The van der Waals surface area contributed by atoms with Crippen LogP contribution in [0.4, 0.5) is 0 Å². The minimum atomic E-state index is 0. The maximum atomic E-state index is 2.26. The minimum absolute atomic E-state index is 0. The van der Waals surface area contributed by atoms with E-state index in [1.54, 1.807) is 22.3 Å². The summed E-state index contributed by atoms with van der Waals surface area (Å²) in [6, 6.07) is 13.4. The van der Waals surface area contributed by atoms with Crippen molar-refractivity contribution in [3.8, 4) is 0 Å². The first-order valence-electron chi connectivity index (χ1n) is 7.40. The Morgan fingerprint density at radius 2 is 1.16 bits per heavy atom. The molecule has 0 spiro atoms. The third kappa shape index (κ3) is 3.66. The van der Waals surface area contributed by atoms with Gasteiger partial charge in [0, 0.05) is 19.5 Å². The molecule has 104 valence electrons. The molecule has 0 radical (unpaired) electrons. The van der Waals surface area contributed by atoms with Crippen LogP contribution in [-0.4, -0.2) is 0 Å². The molecule has 19 heavy (non-hydrogen) atoms. The molecule has 2 aromatic carbocycles. The van der Waals surface area contributed by atoms with Gasteiger partial charge in [-0.2, -0.15) is 34.4 Å². The van der Waals surface area contributed by atoms with E-state index in [1.807, 2.05) is 0 Å². The van der Waals surface area contributed by atoms with Crippen LogP contribution in [0.5, 0.6) is 0 Å². The smallest absolute Gasteiger partial charge is 0 e. The van der Waals surface area contributed by atoms with Gasteiger partial charge in [-0.1, -0.05) is 51.4 Å². The van der Waals surface area contributed by atoms with Crippen LogP contribution >= 0.6 is 0 Å². The first-order valence-corrected chi connectivity index (χ1v) is 7.40. The van der Waals surface area contributed by atoms with Crippen LogP contribution in [0.2, 0.25) is 0 Å². The van der Waals surface area contributed by atoms with Crippen molar-refractivity contribution in [2.75, 3.05) is 0 Å². The van der Waals surface area contributed by atoms with E-state index in [4.69, 9.17) is 0 Å². The first-order chi connectivity index (χ1) is 8.93. The molecule has 0 unspecified atom stereocenters. The van der Waals surface area contributed by atoms with Crippen LogP contribution in [0, 0.1) is 0 Å². The molecule has 0 amide bonds. The molecule has 0 bridgehead atoms. The SMILES string of the molecule is [Ru].c1cc2[c-](c1)CCCC2.c1cc2[c-](c1)CCCC2. The third-order valence-electron chi connectivity index (χ3n) is 4.30. The number of rotatable bonds is 0. The van der Waals surface area contributed by atoms with Gasteiger partial charge >= 0.3 is 0 Å². The van der Waals surface area contributed by atoms with Crippen molar-refractivity contribution in [1.82, 2.24) is 0 Å². The van der Waals surface area contributed by atoms with Gasteiger partial charge in [0.1, 0.15) is 0 Å². The Labute approximate surface area is 129 Å². The van der Waals surface area contributed by atoms with Crippen molar-refractivity contribution >= 4 is 0 Å². The Morgan fingerprint density at radius 3 is 1.58 bits per heavy atom. The zero-order valence-corrected chi connectivity index (χ0v) is 13.2. The van der Waals surface area contributed by atoms with Gasteiger partial charge in [-0.25, -0.2) is 24.3 Å². The quantitative estimate of drug-likeness (QED) is 0.487. The van der Waals surface area contributed by atoms with E-state index in [1.165, 1.54) is 51.4 Å². The molecule has 0 fully saturated rings. The monoisotopic (exact) mass is 340 g/mol. The Kier molecular flexibility index (Phi) is 5.58. The van der Waals surface area contributed by atoms with Crippen molar-refractivity contribution in [2.24, 2.45) is 0 Å². The number of aryl methyl sites for hydroxylation is 4. The van der Waals surface area contributed by atoms with E-state index in [0.717, 1.165) is 0 Å². The van der Waals surface area contributed by atoms with Crippen LogP contribution in [0.25, 0.3) is 0 Å².